The van der Waals surface area contributed by atoms with Crippen LogP contribution in [-0.2, 0) is 6.54 Å². The molecule has 0 bridgehead atoms. The summed E-state index contributed by atoms with van der Waals surface area (Å²) in [4.78, 5) is 17.7. The van der Waals surface area contributed by atoms with Crippen molar-refractivity contribution >= 4 is 23.8 Å². The number of carbonyl (C=O) groups is 1. The molecule has 0 saturated heterocycles. The molecule has 0 radical (unpaired) electrons. The van der Waals surface area contributed by atoms with Gasteiger partial charge in [0.25, 0.3) is 5.91 Å². The summed E-state index contributed by atoms with van der Waals surface area (Å²) in [5, 5.41) is 15.1. The first-order valence-corrected chi connectivity index (χ1v) is 13.2. The van der Waals surface area contributed by atoms with Gasteiger partial charge in [-0.15, -0.1) is 0 Å². The van der Waals surface area contributed by atoms with Gasteiger partial charge in [0.1, 0.15) is 11.6 Å². The number of carbonyl (C=O) groups excluding carboxylic acids is 1. The predicted octanol–water partition coefficient (Wildman–Crippen LogP) is 6.45. The number of hydrogen-bond donors (Lipinski definition) is 3. The largest absolute Gasteiger partial charge is 0.497 e. The molecule has 3 N–H and O–H groups in total. The third-order valence-corrected chi connectivity index (χ3v) is 5.03. The van der Waals surface area contributed by atoms with E-state index in [9.17, 15) is 4.79 Å². The second-order valence-electron chi connectivity index (χ2n) is 7.28. The first kappa shape index (κ1) is 34.3. The van der Waals surface area contributed by atoms with Gasteiger partial charge in [-0.2, -0.15) is 0 Å². The summed E-state index contributed by atoms with van der Waals surface area (Å²) >= 11 is 0. The zero-order valence-corrected chi connectivity index (χ0v) is 24.3. The van der Waals surface area contributed by atoms with Gasteiger partial charge in [0.05, 0.1) is 19.4 Å². The summed E-state index contributed by atoms with van der Waals surface area (Å²) in [7, 11) is 1.58. The van der Waals surface area contributed by atoms with Crippen molar-refractivity contribution in [3.05, 3.63) is 89.7 Å². The highest BCUT2D eigenvalue weighted by Crippen LogP contribution is 2.20. The van der Waals surface area contributed by atoms with Crippen LogP contribution in [0.5, 0.6) is 5.75 Å². The predicted molar refractivity (Wildman–Crippen MR) is 162 cm³/mol. The normalized spacial score (nSPS) is 11.5. The number of nitrogens with zero attached hydrogens (tertiary/aromatic N) is 2. The molecule has 1 heterocycles. The molecule has 38 heavy (non-hydrogen) atoms. The lowest BCUT2D eigenvalue weighted by Gasteiger charge is -2.13. The van der Waals surface area contributed by atoms with Gasteiger partial charge in [0.2, 0.25) is 0 Å². The van der Waals surface area contributed by atoms with Gasteiger partial charge < -0.3 is 25.0 Å². The number of ether oxygens (including phenoxy) is 1. The van der Waals surface area contributed by atoms with Crippen LogP contribution in [0.25, 0.3) is 17.8 Å². The van der Waals surface area contributed by atoms with E-state index in [2.05, 4.69) is 22.2 Å². The van der Waals surface area contributed by atoms with E-state index in [0.717, 1.165) is 22.7 Å². The van der Waals surface area contributed by atoms with Crippen molar-refractivity contribution in [2.75, 3.05) is 20.3 Å². The van der Waals surface area contributed by atoms with E-state index in [1.807, 2.05) is 102 Å². The summed E-state index contributed by atoms with van der Waals surface area (Å²) < 4.78 is 7.21. The smallest absolute Gasteiger partial charge is 0.255 e. The summed E-state index contributed by atoms with van der Waals surface area (Å²) in [5.41, 5.74) is 3.70. The van der Waals surface area contributed by atoms with Crippen molar-refractivity contribution in [3.63, 3.8) is 0 Å². The van der Waals surface area contributed by atoms with Crippen LogP contribution in [0.4, 0.5) is 0 Å². The van der Waals surface area contributed by atoms with Gasteiger partial charge in [-0.3, -0.25) is 4.79 Å². The summed E-state index contributed by atoms with van der Waals surface area (Å²) in [5.74, 6) is 1.19. The number of aliphatic hydroxyl groups is 1. The first-order chi connectivity index (χ1) is 18.5. The minimum absolute atomic E-state index is 0.0214. The number of benzene rings is 1. The molecule has 0 aliphatic carbocycles. The standard InChI is InChI=1S/C27H34N4O3.2C2H6/c1-6-15-31-19-25(30-26(31)9-4)20(7-2)10-11-22(8-3)29-27(33)24-13-12-23(34-5)17-21(24)18-28-14-16-32;2*1-2/h6-13,15,17,19,28,32H,4,14,16,18H2,1-3,5H3,(H,29,33);2*1-2H3/b11-10-,15-6-,20-7+,22-8+;;. The number of hydrogen-bond acceptors (Lipinski definition) is 5. The Balaban J connectivity index is 0.00000326. The summed E-state index contributed by atoms with van der Waals surface area (Å²) in [6.07, 6.45) is 15.1. The molecule has 1 aromatic carbocycles. The lowest BCUT2D eigenvalue weighted by atomic mass is 10.1. The summed E-state index contributed by atoms with van der Waals surface area (Å²) in [6, 6.07) is 5.32. The van der Waals surface area contributed by atoms with Crippen LogP contribution in [0.2, 0.25) is 0 Å². The molecule has 0 fully saturated rings. The molecule has 0 unspecified atom stereocenters. The molecule has 0 atom stereocenters. The number of rotatable bonds is 12. The minimum atomic E-state index is -0.227. The van der Waals surface area contributed by atoms with Crippen LogP contribution in [0.1, 0.15) is 75.9 Å². The molecule has 0 spiro atoms. The molecule has 2 rings (SSSR count). The zero-order chi connectivity index (χ0) is 28.9. The Morgan fingerprint density at radius 1 is 1.13 bits per heavy atom. The second-order valence-corrected chi connectivity index (χ2v) is 7.28. The number of imidazole rings is 1. The zero-order valence-electron chi connectivity index (χ0n) is 24.3. The van der Waals surface area contributed by atoms with Gasteiger partial charge in [-0.25, -0.2) is 4.98 Å². The van der Waals surface area contributed by atoms with Crippen molar-refractivity contribution in [2.24, 2.45) is 0 Å². The van der Waals surface area contributed by atoms with Gasteiger partial charge in [0.15, 0.2) is 0 Å². The monoisotopic (exact) mass is 522 g/mol. The van der Waals surface area contributed by atoms with E-state index in [1.54, 1.807) is 25.3 Å². The molecule has 1 aromatic heterocycles. The van der Waals surface area contributed by atoms with Crippen molar-refractivity contribution in [2.45, 2.75) is 55.0 Å². The van der Waals surface area contributed by atoms with E-state index in [-0.39, 0.29) is 12.5 Å². The van der Waals surface area contributed by atoms with Gasteiger partial charge in [-0.1, -0.05) is 58.6 Å². The Hall–Kier alpha value is -3.68. The number of allylic oxidation sites excluding steroid dienone is 6. The Labute approximate surface area is 229 Å². The first-order valence-electron chi connectivity index (χ1n) is 13.2. The number of nitrogens with one attached hydrogen (secondary N) is 2. The molecule has 7 heteroatoms. The van der Waals surface area contributed by atoms with Gasteiger partial charge in [0, 0.05) is 36.7 Å². The molecule has 0 aliphatic rings. The molecular formula is C31H46N4O3. The topological polar surface area (TPSA) is 88.4 Å². The maximum atomic E-state index is 13.1. The number of amides is 1. The lowest BCUT2D eigenvalue weighted by Crippen LogP contribution is -2.25. The maximum absolute atomic E-state index is 13.1. The SMILES string of the molecule is C=Cc1nc(C(/C=C\C(=C/C)NC(=O)c2ccc(OC)cc2CNCCO)=C/C)cn1/C=C\C.CC.CC. The molecular weight excluding hydrogens is 476 g/mol. The van der Waals surface area contributed by atoms with Crippen LogP contribution in [-0.4, -0.2) is 40.8 Å². The highest BCUT2D eigenvalue weighted by Gasteiger charge is 2.13. The Morgan fingerprint density at radius 3 is 2.39 bits per heavy atom. The van der Waals surface area contributed by atoms with Gasteiger partial charge in [-0.05, 0) is 62.3 Å². The van der Waals surface area contributed by atoms with E-state index in [4.69, 9.17) is 9.84 Å². The van der Waals surface area contributed by atoms with Crippen molar-refractivity contribution in [1.82, 2.24) is 20.2 Å². The van der Waals surface area contributed by atoms with Gasteiger partial charge >= 0.3 is 0 Å². The van der Waals surface area contributed by atoms with E-state index in [0.29, 0.717) is 30.1 Å². The third-order valence-electron chi connectivity index (χ3n) is 5.03. The molecule has 2 aromatic rings. The Bertz CT molecular complexity index is 1110. The number of aliphatic hydroxyl groups excluding tert-OH is 1. The fourth-order valence-electron chi connectivity index (χ4n) is 3.26. The van der Waals surface area contributed by atoms with Crippen LogP contribution in [0.3, 0.4) is 0 Å². The van der Waals surface area contributed by atoms with Crippen LogP contribution < -0.4 is 15.4 Å². The minimum Gasteiger partial charge on any atom is -0.497 e. The fraction of sp³-hybridized carbons (Fsp3) is 0.355. The Kier molecular flexibility index (Phi) is 18.4. The number of methoxy groups -OCH3 is 1. The quantitative estimate of drug-likeness (QED) is 0.220. The van der Waals surface area contributed by atoms with E-state index >= 15 is 0 Å². The molecule has 0 saturated carbocycles. The number of aromatic nitrogens is 2. The highest BCUT2D eigenvalue weighted by atomic mass is 16.5. The van der Waals surface area contributed by atoms with E-state index in [1.165, 1.54) is 0 Å². The summed E-state index contributed by atoms with van der Waals surface area (Å²) in [6.45, 7) is 18.5. The lowest BCUT2D eigenvalue weighted by molar-refractivity contribution is 0.0966. The third kappa shape index (κ3) is 10.7. The van der Waals surface area contributed by atoms with E-state index < -0.39 is 0 Å². The van der Waals surface area contributed by atoms with Crippen molar-refractivity contribution in [3.8, 4) is 5.75 Å². The molecule has 208 valence electrons. The molecule has 1 amide bonds. The second kappa shape index (κ2) is 20.4. The van der Waals surface area contributed by atoms with Crippen LogP contribution >= 0.6 is 0 Å². The molecule has 7 nitrogen and oxygen atoms in total. The Morgan fingerprint density at radius 2 is 1.84 bits per heavy atom. The molecule has 0 aliphatic heterocycles. The maximum Gasteiger partial charge on any atom is 0.255 e. The van der Waals surface area contributed by atoms with Crippen molar-refractivity contribution in [1.29, 1.82) is 0 Å². The van der Waals surface area contributed by atoms with Crippen LogP contribution in [0, 0.1) is 0 Å². The highest BCUT2D eigenvalue weighted by molar-refractivity contribution is 5.97. The van der Waals surface area contributed by atoms with Crippen LogP contribution in [0.15, 0.2) is 67.1 Å². The fourth-order valence-corrected chi connectivity index (χ4v) is 3.26. The average molecular weight is 523 g/mol. The average Bonchev–Trinajstić information content (AvgIpc) is 3.37. The van der Waals surface area contributed by atoms with Crippen molar-refractivity contribution < 1.29 is 14.6 Å².